The number of benzene rings is 3. The van der Waals surface area contributed by atoms with Crippen LogP contribution < -0.4 is 9.47 Å². The number of unbranched alkanes of at least 4 members (excludes halogenated alkanes) is 3. The Balaban J connectivity index is 1.50. The molecule has 0 aliphatic carbocycles. The number of hydrogen-bond acceptors (Lipinski definition) is 3. The van der Waals surface area contributed by atoms with Crippen LogP contribution >= 0.6 is 0 Å². The van der Waals surface area contributed by atoms with Crippen LogP contribution in [0.3, 0.4) is 0 Å². The molecule has 0 amide bonds. The van der Waals surface area contributed by atoms with E-state index in [1.165, 1.54) is 36.8 Å². The summed E-state index contributed by atoms with van der Waals surface area (Å²) in [5, 5.41) is 0. The van der Waals surface area contributed by atoms with Gasteiger partial charge in [-0.15, -0.1) is 0 Å². The largest absolute Gasteiger partial charge is 0.491 e. The third kappa shape index (κ3) is 7.26. The van der Waals surface area contributed by atoms with Crippen LogP contribution in [-0.4, -0.2) is 11.9 Å². The zero-order valence-corrected chi connectivity index (χ0v) is 19.5. The highest BCUT2D eigenvalue weighted by Gasteiger charge is 2.05. The third-order valence-corrected chi connectivity index (χ3v) is 5.61. The number of hydrogen-bond donors (Lipinski definition) is 0. The Morgan fingerprint density at radius 1 is 0.781 bits per heavy atom. The first-order chi connectivity index (χ1) is 15.5. The Morgan fingerprint density at radius 3 is 1.97 bits per heavy atom. The molecule has 3 aromatic rings. The van der Waals surface area contributed by atoms with E-state index in [0.717, 1.165) is 23.5 Å². The van der Waals surface area contributed by atoms with Gasteiger partial charge in [0.2, 0.25) is 0 Å². The molecule has 0 aromatic heterocycles. The van der Waals surface area contributed by atoms with E-state index in [1.54, 1.807) is 19.1 Å². The van der Waals surface area contributed by atoms with Crippen LogP contribution in [0.1, 0.15) is 68.8 Å². The molecule has 3 heteroatoms. The van der Waals surface area contributed by atoms with Crippen molar-refractivity contribution in [3.63, 3.8) is 0 Å². The van der Waals surface area contributed by atoms with Crippen molar-refractivity contribution in [2.45, 2.75) is 65.6 Å². The van der Waals surface area contributed by atoms with Gasteiger partial charge >= 0.3 is 0 Å². The third-order valence-electron chi connectivity index (χ3n) is 5.61. The van der Waals surface area contributed by atoms with Crippen molar-refractivity contribution in [3.8, 4) is 22.6 Å². The van der Waals surface area contributed by atoms with Gasteiger partial charge in [0, 0.05) is 5.56 Å². The molecule has 0 saturated carbocycles. The summed E-state index contributed by atoms with van der Waals surface area (Å²) in [5.74, 6) is 1.75. The molecule has 0 N–H and O–H groups in total. The van der Waals surface area contributed by atoms with Gasteiger partial charge in [-0.2, -0.15) is 0 Å². The standard InChI is InChI=1S/C29H34O3/c1-4-5-6-7-8-22(2)32-29-19-15-27(16-20-29)26-11-9-24(10-12-26)21-31-28-17-13-25(14-18-28)23(3)30/h9-20,22H,4-8,21H2,1-3H3. The highest BCUT2D eigenvalue weighted by molar-refractivity contribution is 5.94. The molecule has 0 aliphatic rings. The lowest BCUT2D eigenvalue weighted by atomic mass is 10.0. The first-order valence-electron chi connectivity index (χ1n) is 11.6. The van der Waals surface area contributed by atoms with E-state index in [9.17, 15) is 4.79 Å². The average molecular weight is 431 g/mol. The Kier molecular flexibility index (Phi) is 8.91. The van der Waals surface area contributed by atoms with E-state index < -0.39 is 0 Å². The predicted octanol–water partition coefficient (Wildman–Crippen LogP) is 7.87. The minimum Gasteiger partial charge on any atom is -0.491 e. The molecule has 0 aliphatic heterocycles. The molecule has 168 valence electrons. The van der Waals surface area contributed by atoms with E-state index in [4.69, 9.17) is 9.47 Å². The molecular formula is C29H34O3. The van der Waals surface area contributed by atoms with Crippen molar-refractivity contribution in [1.82, 2.24) is 0 Å². The summed E-state index contributed by atoms with van der Waals surface area (Å²) in [7, 11) is 0. The molecule has 0 bridgehead atoms. The topological polar surface area (TPSA) is 35.5 Å². The van der Waals surface area contributed by atoms with Crippen LogP contribution in [0.4, 0.5) is 0 Å². The first kappa shape index (κ1) is 23.6. The lowest BCUT2D eigenvalue weighted by Crippen LogP contribution is -2.11. The fourth-order valence-electron chi connectivity index (χ4n) is 3.62. The number of carbonyl (C=O) groups is 1. The Bertz CT molecular complexity index is 957. The highest BCUT2D eigenvalue weighted by atomic mass is 16.5. The molecule has 3 nitrogen and oxygen atoms in total. The summed E-state index contributed by atoms with van der Waals surface area (Å²) < 4.78 is 11.9. The van der Waals surface area contributed by atoms with Crippen molar-refractivity contribution in [2.75, 3.05) is 0 Å². The van der Waals surface area contributed by atoms with Crippen LogP contribution in [-0.2, 0) is 6.61 Å². The van der Waals surface area contributed by atoms with E-state index in [0.29, 0.717) is 12.2 Å². The second-order valence-electron chi connectivity index (χ2n) is 8.37. The number of carbonyl (C=O) groups excluding carboxylic acids is 1. The van der Waals surface area contributed by atoms with Gasteiger partial charge in [-0.3, -0.25) is 4.79 Å². The first-order valence-corrected chi connectivity index (χ1v) is 11.6. The van der Waals surface area contributed by atoms with Crippen molar-refractivity contribution < 1.29 is 14.3 Å². The molecule has 3 aromatic carbocycles. The zero-order valence-electron chi connectivity index (χ0n) is 19.5. The number of Topliss-reactive ketones (excluding diaryl/α,β-unsaturated/α-hetero) is 1. The molecular weight excluding hydrogens is 396 g/mol. The molecule has 0 radical (unpaired) electrons. The maximum absolute atomic E-state index is 11.4. The Morgan fingerprint density at radius 2 is 1.38 bits per heavy atom. The van der Waals surface area contributed by atoms with Gasteiger partial charge in [-0.1, -0.05) is 62.6 Å². The van der Waals surface area contributed by atoms with Crippen molar-refractivity contribution in [1.29, 1.82) is 0 Å². The van der Waals surface area contributed by atoms with Gasteiger partial charge in [-0.05, 0) is 79.8 Å². The number of rotatable bonds is 12. The second kappa shape index (κ2) is 12.1. The number of ether oxygens (including phenoxy) is 2. The summed E-state index contributed by atoms with van der Waals surface area (Å²) in [4.78, 5) is 11.4. The molecule has 1 atom stereocenters. The van der Waals surface area contributed by atoms with Crippen molar-refractivity contribution in [2.24, 2.45) is 0 Å². The monoisotopic (exact) mass is 430 g/mol. The second-order valence-corrected chi connectivity index (χ2v) is 8.37. The fraction of sp³-hybridized carbons (Fsp3) is 0.345. The predicted molar refractivity (Wildman–Crippen MR) is 132 cm³/mol. The van der Waals surface area contributed by atoms with Crippen LogP contribution in [0.25, 0.3) is 11.1 Å². The zero-order chi connectivity index (χ0) is 22.8. The number of ketones is 1. The van der Waals surface area contributed by atoms with Gasteiger partial charge in [0.05, 0.1) is 6.10 Å². The molecule has 0 heterocycles. The lowest BCUT2D eigenvalue weighted by Gasteiger charge is -2.15. The van der Waals surface area contributed by atoms with E-state index in [-0.39, 0.29) is 11.9 Å². The normalized spacial score (nSPS) is 11.7. The molecule has 0 spiro atoms. The quantitative estimate of drug-likeness (QED) is 0.217. The van der Waals surface area contributed by atoms with Gasteiger partial charge in [0.1, 0.15) is 18.1 Å². The molecule has 0 saturated heterocycles. The van der Waals surface area contributed by atoms with E-state index >= 15 is 0 Å². The summed E-state index contributed by atoms with van der Waals surface area (Å²) in [5.41, 5.74) is 4.12. The lowest BCUT2D eigenvalue weighted by molar-refractivity contribution is 0.101. The fourth-order valence-corrected chi connectivity index (χ4v) is 3.62. The summed E-state index contributed by atoms with van der Waals surface area (Å²) >= 11 is 0. The van der Waals surface area contributed by atoms with Gasteiger partial charge in [-0.25, -0.2) is 0 Å². The average Bonchev–Trinajstić information content (AvgIpc) is 2.82. The maximum atomic E-state index is 11.4. The van der Waals surface area contributed by atoms with Gasteiger partial charge in [0.15, 0.2) is 5.78 Å². The molecule has 3 rings (SSSR count). The minimum absolute atomic E-state index is 0.0589. The van der Waals surface area contributed by atoms with Crippen molar-refractivity contribution in [3.05, 3.63) is 83.9 Å². The summed E-state index contributed by atoms with van der Waals surface area (Å²) in [6.45, 7) is 6.44. The smallest absolute Gasteiger partial charge is 0.159 e. The minimum atomic E-state index is 0.0589. The van der Waals surface area contributed by atoms with Crippen LogP contribution in [0.5, 0.6) is 11.5 Å². The Labute approximate surface area is 192 Å². The van der Waals surface area contributed by atoms with E-state index in [2.05, 4.69) is 62.4 Å². The van der Waals surface area contributed by atoms with Gasteiger partial charge < -0.3 is 9.47 Å². The molecule has 32 heavy (non-hydrogen) atoms. The summed E-state index contributed by atoms with van der Waals surface area (Å²) in [6, 6.07) is 24.0. The summed E-state index contributed by atoms with van der Waals surface area (Å²) in [6.07, 6.45) is 6.44. The van der Waals surface area contributed by atoms with Crippen LogP contribution in [0.2, 0.25) is 0 Å². The van der Waals surface area contributed by atoms with Gasteiger partial charge in [0.25, 0.3) is 0 Å². The highest BCUT2D eigenvalue weighted by Crippen LogP contribution is 2.24. The van der Waals surface area contributed by atoms with E-state index in [1.807, 2.05) is 12.1 Å². The Hall–Kier alpha value is -3.07. The van der Waals surface area contributed by atoms with Crippen molar-refractivity contribution >= 4 is 5.78 Å². The van der Waals surface area contributed by atoms with Crippen LogP contribution in [0.15, 0.2) is 72.8 Å². The molecule has 0 fully saturated rings. The SMILES string of the molecule is CCCCCCC(C)Oc1ccc(-c2ccc(COc3ccc(C(C)=O)cc3)cc2)cc1. The van der Waals surface area contributed by atoms with Crippen LogP contribution in [0, 0.1) is 0 Å². The molecule has 1 unspecified atom stereocenters. The maximum Gasteiger partial charge on any atom is 0.159 e.